The number of carbonyl (C=O) groups excluding carboxylic acids is 1. The van der Waals surface area contributed by atoms with E-state index in [4.69, 9.17) is 9.47 Å². The second-order valence-corrected chi connectivity index (χ2v) is 9.81. The molecule has 0 radical (unpaired) electrons. The highest BCUT2D eigenvalue weighted by atomic mass is 32.2. The van der Waals surface area contributed by atoms with Gasteiger partial charge in [-0.1, -0.05) is 57.2 Å². The molecule has 0 aliphatic carbocycles. The minimum atomic E-state index is -3.32. The first-order chi connectivity index (χ1) is 15.3. The quantitative estimate of drug-likeness (QED) is 0.492. The Hall–Kier alpha value is -2.58. The highest BCUT2D eigenvalue weighted by Gasteiger charge is 2.19. The first-order valence-corrected chi connectivity index (χ1v) is 12.5. The zero-order valence-corrected chi connectivity index (χ0v) is 20.2. The van der Waals surface area contributed by atoms with Gasteiger partial charge in [0.2, 0.25) is 15.9 Å². The molecule has 1 N–H and O–H groups in total. The van der Waals surface area contributed by atoms with Crippen LogP contribution in [0.2, 0.25) is 0 Å². The van der Waals surface area contributed by atoms with Crippen LogP contribution >= 0.6 is 0 Å². The van der Waals surface area contributed by atoms with Gasteiger partial charge < -0.3 is 14.4 Å². The highest BCUT2D eigenvalue weighted by molar-refractivity contribution is 7.89. The van der Waals surface area contributed by atoms with Crippen LogP contribution in [0.15, 0.2) is 48.5 Å². The minimum Gasteiger partial charge on any atom is -0.493 e. The monoisotopic (exact) mass is 462 g/mol. The molecule has 7 nitrogen and oxygen atoms in total. The van der Waals surface area contributed by atoms with Crippen molar-refractivity contribution in [2.24, 2.45) is 5.92 Å². The van der Waals surface area contributed by atoms with Gasteiger partial charge in [-0.15, -0.1) is 0 Å². The van der Waals surface area contributed by atoms with Gasteiger partial charge in [-0.2, -0.15) is 0 Å². The maximum Gasteiger partial charge on any atom is 0.225 e. The van der Waals surface area contributed by atoms with Crippen molar-refractivity contribution in [1.29, 1.82) is 0 Å². The first kappa shape index (κ1) is 25.7. The summed E-state index contributed by atoms with van der Waals surface area (Å²) in [5.74, 6) is 1.04. The lowest BCUT2D eigenvalue weighted by Gasteiger charge is -2.25. The van der Waals surface area contributed by atoms with E-state index >= 15 is 0 Å². The molecule has 176 valence electrons. The van der Waals surface area contributed by atoms with Crippen molar-refractivity contribution in [3.05, 3.63) is 59.7 Å². The van der Waals surface area contributed by atoms with E-state index in [-0.39, 0.29) is 30.7 Å². The Morgan fingerprint density at radius 1 is 1.06 bits per heavy atom. The van der Waals surface area contributed by atoms with Crippen LogP contribution in [0.4, 0.5) is 0 Å². The lowest BCUT2D eigenvalue weighted by molar-refractivity contribution is -0.135. The van der Waals surface area contributed by atoms with E-state index in [9.17, 15) is 13.2 Å². The molecular formula is C24H34N2O5S. The Bertz CT molecular complexity index is 962. The number of amides is 1. The average Bonchev–Trinajstić information content (AvgIpc) is 2.77. The number of hydrogen-bond donors (Lipinski definition) is 1. The van der Waals surface area contributed by atoms with Crippen LogP contribution in [0, 0.1) is 5.92 Å². The fourth-order valence-electron chi connectivity index (χ4n) is 3.19. The van der Waals surface area contributed by atoms with E-state index in [1.165, 1.54) is 0 Å². The van der Waals surface area contributed by atoms with Gasteiger partial charge in [-0.05, 0) is 29.7 Å². The van der Waals surface area contributed by atoms with Crippen LogP contribution in [0.5, 0.6) is 11.5 Å². The van der Waals surface area contributed by atoms with Crippen LogP contribution < -0.4 is 14.2 Å². The molecule has 0 bridgehead atoms. The largest absolute Gasteiger partial charge is 0.493 e. The number of hydrogen-bond acceptors (Lipinski definition) is 5. The summed E-state index contributed by atoms with van der Waals surface area (Å²) in [5.41, 5.74) is 1.93. The number of methoxy groups -OCH3 is 1. The van der Waals surface area contributed by atoms with Crippen molar-refractivity contribution in [1.82, 2.24) is 9.62 Å². The van der Waals surface area contributed by atoms with Gasteiger partial charge in [0.05, 0.1) is 12.9 Å². The first-order valence-electron chi connectivity index (χ1n) is 10.9. The molecular weight excluding hydrogens is 428 g/mol. The van der Waals surface area contributed by atoms with E-state index in [2.05, 4.69) is 4.72 Å². The Labute approximate surface area is 191 Å². The highest BCUT2D eigenvalue weighted by Crippen LogP contribution is 2.29. The topological polar surface area (TPSA) is 84.9 Å². The zero-order valence-electron chi connectivity index (χ0n) is 19.3. The van der Waals surface area contributed by atoms with Gasteiger partial charge in [0.25, 0.3) is 0 Å². The lowest BCUT2D eigenvalue weighted by Crippen LogP contribution is -2.40. The lowest BCUT2D eigenvalue weighted by atomic mass is 10.1. The predicted octanol–water partition coefficient (Wildman–Crippen LogP) is 3.59. The number of sulfonamides is 1. The minimum absolute atomic E-state index is 0.0388. The normalized spacial score (nSPS) is 11.4. The summed E-state index contributed by atoms with van der Waals surface area (Å²) >= 11 is 0. The molecule has 1 amide bonds. The van der Waals surface area contributed by atoms with Crippen molar-refractivity contribution in [2.75, 3.05) is 26.0 Å². The Morgan fingerprint density at radius 3 is 2.41 bits per heavy atom. The maximum absolute atomic E-state index is 12.7. The SMILES string of the molecule is CCCS(=O)(=O)NCCN(Cc1ccc(OCc2ccccc2)c(OC)c1)C(=O)C(C)C. The third-order valence-corrected chi connectivity index (χ3v) is 6.41. The van der Waals surface area contributed by atoms with Gasteiger partial charge in [0, 0.05) is 25.6 Å². The van der Waals surface area contributed by atoms with Crippen LogP contribution in [-0.2, 0) is 28.0 Å². The van der Waals surface area contributed by atoms with E-state index in [0.29, 0.717) is 31.1 Å². The maximum atomic E-state index is 12.7. The van der Waals surface area contributed by atoms with E-state index in [1.54, 1.807) is 12.0 Å². The molecule has 2 rings (SSSR count). The number of ether oxygens (including phenoxy) is 2. The summed E-state index contributed by atoms with van der Waals surface area (Å²) in [5, 5.41) is 0. The summed E-state index contributed by atoms with van der Waals surface area (Å²) < 4.78 is 37.8. The molecule has 0 aliphatic rings. The number of nitrogens with one attached hydrogen (secondary N) is 1. The average molecular weight is 463 g/mol. The fourth-order valence-corrected chi connectivity index (χ4v) is 4.28. The van der Waals surface area contributed by atoms with Gasteiger partial charge in [0.1, 0.15) is 6.61 Å². The molecule has 0 saturated heterocycles. The van der Waals surface area contributed by atoms with Crippen molar-refractivity contribution < 1.29 is 22.7 Å². The molecule has 0 aliphatic heterocycles. The number of rotatable bonds is 13. The second-order valence-electron chi connectivity index (χ2n) is 7.89. The second kappa shape index (κ2) is 12.5. The molecule has 0 aromatic heterocycles. The molecule has 2 aromatic rings. The zero-order chi connectivity index (χ0) is 23.6. The van der Waals surface area contributed by atoms with Crippen LogP contribution in [0.3, 0.4) is 0 Å². The fraction of sp³-hybridized carbons (Fsp3) is 0.458. The molecule has 8 heteroatoms. The van der Waals surface area contributed by atoms with E-state index in [0.717, 1.165) is 11.1 Å². The Kier molecular flexibility index (Phi) is 9.99. The molecule has 2 aromatic carbocycles. The van der Waals surface area contributed by atoms with Gasteiger partial charge in [0.15, 0.2) is 11.5 Å². The predicted molar refractivity (Wildman–Crippen MR) is 126 cm³/mol. The number of carbonyl (C=O) groups is 1. The molecule has 0 spiro atoms. The third kappa shape index (κ3) is 8.16. The van der Waals surface area contributed by atoms with Crippen molar-refractivity contribution in [3.63, 3.8) is 0 Å². The van der Waals surface area contributed by atoms with E-state index in [1.807, 2.05) is 69.3 Å². The molecule has 0 saturated carbocycles. The molecule has 0 unspecified atom stereocenters. The van der Waals surface area contributed by atoms with Crippen molar-refractivity contribution in [3.8, 4) is 11.5 Å². The van der Waals surface area contributed by atoms with Gasteiger partial charge >= 0.3 is 0 Å². The summed E-state index contributed by atoms with van der Waals surface area (Å²) in [7, 11) is -1.74. The molecule has 32 heavy (non-hydrogen) atoms. The van der Waals surface area contributed by atoms with Crippen LogP contribution in [0.25, 0.3) is 0 Å². The summed E-state index contributed by atoms with van der Waals surface area (Å²) in [4.78, 5) is 14.4. The third-order valence-electron chi connectivity index (χ3n) is 4.82. The molecule has 0 atom stereocenters. The van der Waals surface area contributed by atoms with Crippen molar-refractivity contribution >= 4 is 15.9 Å². The van der Waals surface area contributed by atoms with Crippen LogP contribution in [0.1, 0.15) is 38.3 Å². The van der Waals surface area contributed by atoms with Gasteiger partial charge in [-0.25, -0.2) is 13.1 Å². The Morgan fingerprint density at radius 2 is 1.78 bits per heavy atom. The smallest absolute Gasteiger partial charge is 0.225 e. The summed E-state index contributed by atoms with van der Waals surface area (Å²) in [6.07, 6.45) is 0.544. The molecule has 0 heterocycles. The number of nitrogens with zero attached hydrogens (tertiary/aromatic N) is 1. The summed E-state index contributed by atoms with van der Waals surface area (Å²) in [6.45, 7) is 6.71. The van der Waals surface area contributed by atoms with Crippen molar-refractivity contribution in [2.45, 2.75) is 40.3 Å². The van der Waals surface area contributed by atoms with Gasteiger partial charge in [-0.3, -0.25) is 4.79 Å². The Balaban J connectivity index is 2.08. The summed E-state index contributed by atoms with van der Waals surface area (Å²) in [6, 6.07) is 15.4. The van der Waals surface area contributed by atoms with Crippen LogP contribution in [-0.4, -0.2) is 45.2 Å². The molecule has 0 fully saturated rings. The number of benzene rings is 2. The van der Waals surface area contributed by atoms with E-state index < -0.39 is 10.0 Å². The standard InChI is InChI=1S/C24H34N2O5S/c1-5-15-32(28,29)25-13-14-26(24(27)19(2)3)17-21-11-12-22(23(16-21)30-4)31-18-20-9-7-6-8-10-20/h6-12,16,19,25H,5,13-15,17-18H2,1-4H3.